The minimum absolute atomic E-state index is 0.409. The molecular formula is C15H18N4S2. The van der Waals surface area contributed by atoms with Crippen LogP contribution in [0.2, 0.25) is 0 Å². The Morgan fingerprint density at radius 3 is 3.19 bits per heavy atom. The maximum Gasteiger partial charge on any atom is 0.191 e. The SMILES string of the molecule is NCC#Cc1csc(CSc2nnc3n2CCCCC3)c1. The molecule has 0 aliphatic carbocycles. The molecular weight excluding hydrogens is 300 g/mol. The summed E-state index contributed by atoms with van der Waals surface area (Å²) < 4.78 is 2.29. The Balaban J connectivity index is 1.65. The van der Waals surface area contributed by atoms with Gasteiger partial charge < -0.3 is 10.3 Å². The van der Waals surface area contributed by atoms with Crippen molar-refractivity contribution in [1.29, 1.82) is 0 Å². The normalized spacial score (nSPS) is 14.1. The van der Waals surface area contributed by atoms with E-state index in [1.807, 2.05) is 0 Å². The Kier molecular flexibility index (Phi) is 4.96. The molecule has 1 aliphatic heterocycles. The van der Waals surface area contributed by atoms with Gasteiger partial charge in [-0.2, -0.15) is 0 Å². The number of thiophene rings is 1. The van der Waals surface area contributed by atoms with Crippen LogP contribution in [0.3, 0.4) is 0 Å². The van der Waals surface area contributed by atoms with Crippen LogP contribution in [0.15, 0.2) is 16.6 Å². The minimum atomic E-state index is 0.409. The monoisotopic (exact) mass is 318 g/mol. The standard InChI is InChI=1S/C15H18N4S2/c16-7-4-5-12-9-13(20-10-12)11-21-15-18-17-14-6-2-1-3-8-19(14)15/h9-10H,1-3,6-8,11,16H2. The van der Waals surface area contributed by atoms with Gasteiger partial charge in [-0.1, -0.05) is 30.0 Å². The second kappa shape index (κ2) is 7.12. The summed E-state index contributed by atoms with van der Waals surface area (Å²) >= 11 is 3.51. The fraction of sp³-hybridized carbons (Fsp3) is 0.467. The molecule has 4 nitrogen and oxygen atoms in total. The van der Waals surface area contributed by atoms with E-state index < -0.39 is 0 Å². The van der Waals surface area contributed by atoms with Crippen molar-refractivity contribution in [2.24, 2.45) is 5.73 Å². The fourth-order valence-electron chi connectivity index (χ4n) is 2.38. The molecule has 110 valence electrons. The molecule has 3 rings (SSSR count). The molecule has 0 saturated carbocycles. The van der Waals surface area contributed by atoms with Crippen LogP contribution in [0.4, 0.5) is 0 Å². The van der Waals surface area contributed by atoms with Crippen molar-refractivity contribution in [2.45, 2.75) is 43.1 Å². The number of fused-ring (bicyclic) bond motifs is 1. The Morgan fingerprint density at radius 1 is 1.33 bits per heavy atom. The maximum absolute atomic E-state index is 5.39. The second-order valence-electron chi connectivity index (χ2n) is 4.96. The molecule has 2 aromatic heterocycles. The average molecular weight is 318 g/mol. The summed E-state index contributed by atoms with van der Waals surface area (Å²) in [7, 11) is 0. The Labute approximate surface area is 133 Å². The number of aromatic nitrogens is 3. The molecule has 0 bridgehead atoms. The van der Waals surface area contributed by atoms with Gasteiger partial charge in [-0.25, -0.2) is 0 Å². The smallest absolute Gasteiger partial charge is 0.191 e. The first-order valence-corrected chi connectivity index (χ1v) is 9.04. The highest BCUT2D eigenvalue weighted by Crippen LogP contribution is 2.27. The average Bonchev–Trinajstić information content (AvgIpc) is 3.03. The molecule has 2 aromatic rings. The van der Waals surface area contributed by atoms with Gasteiger partial charge in [0.2, 0.25) is 0 Å². The van der Waals surface area contributed by atoms with Crippen molar-refractivity contribution in [3.05, 3.63) is 27.7 Å². The number of thioether (sulfide) groups is 1. The van der Waals surface area contributed by atoms with Crippen LogP contribution in [0.5, 0.6) is 0 Å². The van der Waals surface area contributed by atoms with Crippen molar-refractivity contribution in [3.8, 4) is 11.8 Å². The van der Waals surface area contributed by atoms with E-state index in [9.17, 15) is 0 Å². The van der Waals surface area contributed by atoms with Crippen molar-refractivity contribution < 1.29 is 0 Å². The van der Waals surface area contributed by atoms with E-state index in [4.69, 9.17) is 5.73 Å². The van der Waals surface area contributed by atoms with Crippen LogP contribution in [0.25, 0.3) is 0 Å². The first-order valence-electron chi connectivity index (χ1n) is 7.18. The molecule has 6 heteroatoms. The van der Waals surface area contributed by atoms with E-state index in [0.717, 1.165) is 35.3 Å². The van der Waals surface area contributed by atoms with Gasteiger partial charge >= 0.3 is 0 Å². The molecule has 0 amide bonds. The number of aryl methyl sites for hydroxylation is 1. The Hall–Kier alpha value is -1.29. The first-order chi connectivity index (χ1) is 10.4. The van der Waals surface area contributed by atoms with Crippen LogP contribution < -0.4 is 5.73 Å². The zero-order valence-corrected chi connectivity index (χ0v) is 13.5. The minimum Gasteiger partial charge on any atom is -0.320 e. The highest BCUT2D eigenvalue weighted by atomic mass is 32.2. The zero-order valence-electron chi connectivity index (χ0n) is 11.8. The highest BCUT2D eigenvalue weighted by Gasteiger charge is 2.15. The second-order valence-corrected chi connectivity index (χ2v) is 6.90. The summed E-state index contributed by atoms with van der Waals surface area (Å²) in [6.45, 7) is 1.47. The number of nitrogens with zero attached hydrogens (tertiary/aromatic N) is 3. The number of hydrogen-bond acceptors (Lipinski definition) is 5. The molecule has 3 heterocycles. The van der Waals surface area contributed by atoms with E-state index in [1.165, 1.54) is 24.1 Å². The van der Waals surface area contributed by atoms with Gasteiger partial charge in [0, 0.05) is 34.5 Å². The third kappa shape index (κ3) is 3.67. The molecule has 0 spiro atoms. The Morgan fingerprint density at radius 2 is 2.29 bits per heavy atom. The fourth-order valence-corrected chi connectivity index (χ4v) is 4.23. The lowest BCUT2D eigenvalue weighted by Crippen LogP contribution is -2.02. The topological polar surface area (TPSA) is 56.7 Å². The summed E-state index contributed by atoms with van der Waals surface area (Å²) in [5, 5.41) is 11.8. The third-order valence-corrected chi connectivity index (χ3v) is 5.54. The largest absolute Gasteiger partial charge is 0.320 e. The van der Waals surface area contributed by atoms with Gasteiger partial charge in [-0.3, -0.25) is 0 Å². The van der Waals surface area contributed by atoms with Gasteiger partial charge in [-0.05, 0) is 18.9 Å². The number of rotatable bonds is 3. The molecule has 1 aliphatic rings. The number of nitrogens with two attached hydrogens (primary N) is 1. The predicted molar refractivity (Wildman–Crippen MR) is 87.4 cm³/mol. The molecule has 0 radical (unpaired) electrons. The lowest BCUT2D eigenvalue weighted by atomic mass is 10.2. The van der Waals surface area contributed by atoms with Crippen LogP contribution in [0, 0.1) is 11.8 Å². The van der Waals surface area contributed by atoms with Crippen molar-refractivity contribution in [1.82, 2.24) is 14.8 Å². The zero-order chi connectivity index (χ0) is 14.5. The summed E-state index contributed by atoms with van der Waals surface area (Å²) in [4.78, 5) is 1.31. The summed E-state index contributed by atoms with van der Waals surface area (Å²) in [5.41, 5.74) is 6.45. The molecule has 0 fully saturated rings. The predicted octanol–water partition coefficient (Wildman–Crippen LogP) is 2.67. The van der Waals surface area contributed by atoms with Gasteiger partial charge in [0.05, 0.1) is 6.54 Å². The summed E-state index contributed by atoms with van der Waals surface area (Å²) in [6.07, 6.45) is 4.82. The van der Waals surface area contributed by atoms with Gasteiger partial charge in [0.15, 0.2) is 5.16 Å². The van der Waals surface area contributed by atoms with Crippen molar-refractivity contribution in [2.75, 3.05) is 6.54 Å². The van der Waals surface area contributed by atoms with Gasteiger partial charge in [0.25, 0.3) is 0 Å². The van der Waals surface area contributed by atoms with Crippen LogP contribution in [0.1, 0.15) is 35.5 Å². The van der Waals surface area contributed by atoms with Crippen molar-refractivity contribution in [3.63, 3.8) is 0 Å². The maximum atomic E-state index is 5.39. The van der Waals surface area contributed by atoms with Gasteiger partial charge in [0.1, 0.15) is 5.82 Å². The van der Waals surface area contributed by atoms with E-state index in [-0.39, 0.29) is 0 Å². The van der Waals surface area contributed by atoms with Crippen LogP contribution >= 0.6 is 23.1 Å². The third-order valence-electron chi connectivity index (χ3n) is 3.41. The highest BCUT2D eigenvalue weighted by molar-refractivity contribution is 7.98. The quantitative estimate of drug-likeness (QED) is 0.698. The molecule has 0 saturated heterocycles. The molecule has 0 aromatic carbocycles. The molecule has 0 atom stereocenters. The molecule has 0 unspecified atom stereocenters. The lowest BCUT2D eigenvalue weighted by molar-refractivity contribution is 0.591. The van der Waals surface area contributed by atoms with E-state index in [0.29, 0.717) is 6.54 Å². The summed E-state index contributed by atoms with van der Waals surface area (Å²) in [5.74, 6) is 8.03. The molecule has 2 N–H and O–H groups in total. The van der Waals surface area contributed by atoms with Crippen LogP contribution in [-0.2, 0) is 18.7 Å². The van der Waals surface area contributed by atoms with E-state index in [2.05, 4.69) is 38.1 Å². The molecule has 21 heavy (non-hydrogen) atoms. The lowest BCUT2D eigenvalue weighted by Gasteiger charge is -2.05. The van der Waals surface area contributed by atoms with Crippen molar-refractivity contribution >= 4 is 23.1 Å². The summed E-state index contributed by atoms with van der Waals surface area (Å²) in [6, 6.07) is 2.14. The van der Waals surface area contributed by atoms with E-state index >= 15 is 0 Å². The van der Waals surface area contributed by atoms with E-state index in [1.54, 1.807) is 23.1 Å². The van der Waals surface area contributed by atoms with Gasteiger partial charge in [-0.15, -0.1) is 21.5 Å². The Bertz CT molecular complexity index is 663. The first kappa shape index (κ1) is 14.6. The van der Waals surface area contributed by atoms with Crippen LogP contribution in [-0.4, -0.2) is 21.3 Å². The number of hydrogen-bond donors (Lipinski definition) is 1.